The summed E-state index contributed by atoms with van der Waals surface area (Å²) >= 11 is 8.90. The van der Waals surface area contributed by atoms with Crippen molar-refractivity contribution in [2.24, 2.45) is 0 Å². The molecule has 0 unspecified atom stereocenters. The van der Waals surface area contributed by atoms with Crippen molar-refractivity contribution >= 4 is 45.0 Å². The number of hydrogen-bond donors (Lipinski definition) is 2. The molecule has 0 aliphatic heterocycles. The Bertz CT molecular complexity index is 564. The van der Waals surface area contributed by atoms with Gasteiger partial charge in [0.1, 0.15) is 5.82 Å². The van der Waals surface area contributed by atoms with Gasteiger partial charge < -0.3 is 11.1 Å². The molecule has 0 amide bonds. The maximum atomic E-state index is 13.6. The van der Waals surface area contributed by atoms with E-state index in [1.165, 1.54) is 12.3 Å². The molecule has 0 atom stereocenters. The summed E-state index contributed by atoms with van der Waals surface area (Å²) in [5.41, 5.74) is 5.67. The van der Waals surface area contributed by atoms with Crippen molar-refractivity contribution < 1.29 is 4.39 Å². The van der Waals surface area contributed by atoms with Crippen molar-refractivity contribution in [2.75, 3.05) is 11.1 Å². The Balaban J connectivity index is 2.38. The van der Waals surface area contributed by atoms with Gasteiger partial charge in [0.15, 0.2) is 5.82 Å². The molecular weight excluding hydrogens is 310 g/mol. The van der Waals surface area contributed by atoms with Crippen molar-refractivity contribution in [3.05, 3.63) is 39.7 Å². The molecule has 0 radical (unpaired) electrons. The Morgan fingerprint density at radius 2 is 2.18 bits per heavy atom. The van der Waals surface area contributed by atoms with Crippen LogP contribution in [0.4, 0.5) is 21.8 Å². The minimum atomic E-state index is -0.543. The van der Waals surface area contributed by atoms with Gasteiger partial charge in [-0.1, -0.05) is 17.7 Å². The zero-order valence-corrected chi connectivity index (χ0v) is 10.8. The fourth-order valence-electron chi connectivity index (χ4n) is 1.20. The maximum absolute atomic E-state index is 13.6. The van der Waals surface area contributed by atoms with E-state index in [0.717, 1.165) is 0 Å². The van der Waals surface area contributed by atoms with Crippen molar-refractivity contribution in [3.63, 3.8) is 0 Å². The molecule has 1 aromatic heterocycles. The fourth-order valence-corrected chi connectivity index (χ4v) is 1.66. The van der Waals surface area contributed by atoms with Crippen LogP contribution in [0.3, 0.4) is 0 Å². The van der Waals surface area contributed by atoms with Crippen LogP contribution in [-0.4, -0.2) is 9.97 Å². The number of rotatable bonds is 2. The molecule has 0 saturated heterocycles. The third-order valence-electron chi connectivity index (χ3n) is 1.97. The third-order valence-corrected chi connectivity index (χ3v) is 2.84. The van der Waals surface area contributed by atoms with Gasteiger partial charge in [0, 0.05) is 6.20 Å². The maximum Gasteiger partial charge on any atom is 0.222 e. The molecule has 7 heteroatoms. The second kappa shape index (κ2) is 4.85. The molecule has 0 aliphatic carbocycles. The first-order valence-electron chi connectivity index (χ1n) is 4.57. The molecule has 0 saturated carbocycles. The van der Waals surface area contributed by atoms with Crippen LogP contribution in [0.5, 0.6) is 0 Å². The van der Waals surface area contributed by atoms with Gasteiger partial charge >= 0.3 is 0 Å². The largest absolute Gasteiger partial charge is 0.368 e. The predicted octanol–water partition coefficient (Wildman–Crippen LogP) is 3.36. The van der Waals surface area contributed by atoms with Crippen LogP contribution in [0.1, 0.15) is 0 Å². The normalized spacial score (nSPS) is 10.3. The summed E-state index contributed by atoms with van der Waals surface area (Å²) in [6, 6.07) is 4.64. The molecule has 1 aromatic carbocycles. The summed E-state index contributed by atoms with van der Waals surface area (Å²) in [5.74, 6) is -0.0740. The average molecular weight is 318 g/mol. The molecular formula is C10H7BrClFN4. The summed E-state index contributed by atoms with van der Waals surface area (Å²) in [6.45, 7) is 0. The van der Waals surface area contributed by atoms with Crippen molar-refractivity contribution in [3.8, 4) is 0 Å². The van der Waals surface area contributed by atoms with E-state index < -0.39 is 5.82 Å². The van der Waals surface area contributed by atoms with Gasteiger partial charge in [0.2, 0.25) is 5.95 Å². The summed E-state index contributed by atoms with van der Waals surface area (Å²) in [5, 5.41) is 2.82. The minimum Gasteiger partial charge on any atom is -0.368 e. The molecule has 17 heavy (non-hydrogen) atoms. The van der Waals surface area contributed by atoms with Crippen LogP contribution in [0.2, 0.25) is 5.02 Å². The highest BCUT2D eigenvalue weighted by Crippen LogP contribution is 2.28. The molecule has 0 aliphatic rings. The van der Waals surface area contributed by atoms with Gasteiger partial charge in [0.25, 0.3) is 0 Å². The van der Waals surface area contributed by atoms with Crippen LogP contribution in [0.15, 0.2) is 28.9 Å². The van der Waals surface area contributed by atoms with Crippen LogP contribution < -0.4 is 11.1 Å². The quantitative estimate of drug-likeness (QED) is 0.891. The molecule has 2 rings (SSSR count). The number of benzene rings is 1. The first-order valence-corrected chi connectivity index (χ1v) is 5.74. The minimum absolute atomic E-state index is 0.0353. The van der Waals surface area contributed by atoms with Crippen LogP contribution >= 0.6 is 27.5 Å². The topological polar surface area (TPSA) is 63.8 Å². The molecule has 1 heterocycles. The molecule has 0 fully saturated rings. The van der Waals surface area contributed by atoms with Gasteiger partial charge in [-0.25, -0.2) is 9.37 Å². The van der Waals surface area contributed by atoms with Gasteiger partial charge in [-0.3, -0.25) is 0 Å². The lowest BCUT2D eigenvalue weighted by Gasteiger charge is -2.09. The Labute approximate surface area is 110 Å². The highest BCUT2D eigenvalue weighted by atomic mass is 79.9. The fraction of sp³-hybridized carbons (Fsp3) is 0. The molecule has 2 aromatic rings. The Morgan fingerprint density at radius 3 is 2.94 bits per heavy atom. The highest BCUT2D eigenvalue weighted by molar-refractivity contribution is 9.10. The van der Waals surface area contributed by atoms with Crippen LogP contribution in [-0.2, 0) is 0 Å². The number of nitrogens with zero attached hydrogens (tertiary/aromatic N) is 2. The summed E-state index contributed by atoms with van der Waals surface area (Å²) < 4.78 is 14.2. The van der Waals surface area contributed by atoms with E-state index in [4.69, 9.17) is 17.3 Å². The first kappa shape index (κ1) is 12.1. The lowest BCUT2D eigenvalue weighted by atomic mass is 10.3. The van der Waals surface area contributed by atoms with Gasteiger partial charge in [-0.15, -0.1) is 0 Å². The highest BCUT2D eigenvalue weighted by Gasteiger charge is 2.09. The van der Waals surface area contributed by atoms with E-state index in [9.17, 15) is 4.39 Å². The number of nitrogens with two attached hydrogens (primary N) is 1. The SMILES string of the molecule is Nc1ncc(Br)c(Nc2cccc(Cl)c2F)n1. The summed E-state index contributed by atoms with van der Waals surface area (Å²) in [7, 11) is 0. The number of halogens is 3. The van der Waals surface area contributed by atoms with Gasteiger partial charge in [-0.05, 0) is 28.1 Å². The molecule has 3 N–H and O–H groups in total. The van der Waals surface area contributed by atoms with Crippen LogP contribution in [0.25, 0.3) is 0 Å². The molecule has 0 bridgehead atoms. The van der Waals surface area contributed by atoms with E-state index in [2.05, 4.69) is 31.2 Å². The second-order valence-electron chi connectivity index (χ2n) is 3.15. The standard InChI is InChI=1S/C10H7BrClFN4/c11-5-4-15-10(14)17-9(5)16-7-3-1-2-6(12)8(7)13/h1-4H,(H3,14,15,16,17). The summed E-state index contributed by atoms with van der Waals surface area (Å²) in [4.78, 5) is 7.72. The average Bonchev–Trinajstić information content (AvgIpc) is 2.30. The number of hydrogen-bond acceptors (Lipinski definition) is 4. The Kier molecular flexibility index (Phi) is 3.44. The first-order chi connectivity index (χ1) is 8.08. The monoisotopic (exact) mass is 316 g/mol. The van der Waals surface area contributed by atoms with E-state index in [1.54, 1.807) is 12.1 Å². The lowest BCUT2D eigenvalue weighted by molar-refractivity contribution is 0.632. The number of aromatic nitrogens is 2. The lowest BCUT2D eigenvalue weighted by Crippen LogP contribution is -2.01. The number of nitrogen functional groups attached to an aromatic ring is 1. The van der Waals surface area contributed by atoms with Crippen molar-refractivity contribution in [2.45, 2.75) is 0 Å². The van der Waals surface area contributed by atoms with Crippen LogP contribution in [0, 0.1) is 5.82 Å². The number of anilines is 3. The molecule has 0 spiro atoms. The van der Waals surface area contributed by atoms with E-state index in [1.807, 2.05) is 0 Å². The van der Waals surface area contributed by atoms with E-state index in [-0.39, 0.29) is 16.7 Å². The second-order valence-corrected chi connectivity index (χ2v) is 4.41. The zero-order chi connectivity index (χ0) is 12.4. The van der Waals surface area contributed by atoms with E-state index in [0.29, 0.717) is 10.3 Å². The predicted molar refractivity (Wildman–Crippen MR) is 68.8 cm³/mol. The third kappa shape index (κ3) is 2.65. The van der Waals surface area contributed by atoms with Crippen molar-refractivity contribution in [1.82, 2.24) is 9.97 Å². The zero-order valence-electron chi connectivity index (χ0n) is 8.42. The summed E-state index contributed by atoms with van der Waals surface area (Å²) in [6.07, 6.45) is 1.48. The Hall–Kier alpha value is -1.40. The van der Waals surface area contributed by atoms with Gasteiger partial charge in [0.05, 0.1) is 15.2 Å². The van der Waals surface area contributed by atoms with Crippen molar-refractivity contribution in [1.29, 1.82) is 0 Å². The number of nitrogens with one attached hydrogen (secondary N) is 1. The van der Waals surface area contributed by atoms with E-state index >= 15 is 0 Å². The molecule has 4 nitrogen and oxygen atoms in total. The van der Waals surface area contributed by atoms with Gasteiger partial charge in [-0.2, -0.15) is 4.98 Å². The smallest absolute Gasteiger partial charge is 0.222 e. The molecule has 88 valence electrons. The Morgan fingerprint density at radius 1 is 1.41 bits per heavy atom.